The van der Waals surface area contributed by atoms with E-state index in [-0.39, 0.29) is 0 Å². The van der Waals surface area contributed by atoms with Crippen molar-refractivity contribution in [1.82, 2.24) is 15.3 Å². The molecule has 0 spiro atoms. The molecule has 1 aliphatic rings. The van der Waals surface area contributed by atoms with Gasteiger partial charge in [0.05, 0.1) is 6.33 Å². The fourth-order valence-corrected chi connectivity index (χ4v) is 1.03. The third-order valence-electron chi connectivity index (χ3n) is 1.66. The second-order valence-corrected chi connectivity index (χ2v) is 2.79. The molecule has 2 heterocycles. The van der Waals surface area contributed by atoms with E-state index in [9.17, 15) is 0 Å². The van der Waals surface area contributed by atoms with Gasteiger partial charge in [-0.2, -0.15) is 0 Å². The Bertz CT molecular complexity index is 178. The zero-order valence-corrected chi connectivity index (χ0v) is 7.21. The summed E-state index contributed by atoms with van der Waals surface area (Å²) in [5.74, 6) is 0. The smallest absolute Gasteiger partial charge is 0.0919 e. The lowest BCUT2D eigenvalue weighted by molar-refractivity contribution is 0.611. The molecule has 12 heavy (non-hydrogen) atoms. The maximum Gasteiger partial charge on any atom is 0.0919 e. The monoisotopic (exact) mass is 165 g/mol. The number of H-pyrrole nitrogens is 1. The highest BCUT2D eigenvalue weighted by Crippen LogP contribution is 2.03. The van der Waals surface area contributed by atoms with Crippen LogP contribution < -0.4 is 5.32 Å². The highest BCUT2D eigenvalue weighted by Gasteiger charge is 1.98. The molecule has 0 atom stereocenters. The summed E-state index contributed by atoms with van der Waals surface area (Å²) in [6.45, 7) is 6.07. The number of hydrogen-bond acceptors (Lipinski definition) is 2. The zero-order valence-electron chi connectivity index (χ0n) is 7.21. The highest BCUT2D eigenvalue weighted by molar-refractivity contribution is 4.98. The summed E-state index contributed by atoms with van der Waals surface area (Å²) >= 11 is 0. The molecule has 0 saturated carbocycles. The molecule has 0 amide bonds. The van der Waals surface area contributed by atoms with Gasteiger partial charge in [0.25, 0.3) is 0 Å². The van der Waals surface area contributed by atoms with Crippen molar-refractivity contribution in [3.05, 3.63) is 30.9 Å². The quantitative estimate of drug-likeness (QED) is 0.569. The first kappa shape index (κ1) is 9.00. The van der Waals surface area contributed by atoms with Crippen LogP contribution in [-0.4, -0.2) is 23.1 Å². The van der Waals surface area contributed by atoms with Gasteiger partial charge in [0.1, 0.15) is 0 Å². The van der Waals surface area contributed by atoms with Crippen LogP contribution in [0, 0.1) is 0 Å². The average molecular weight is 165 g/mol. The van der Waals surface area contributed by atoms with Crippen molar-refractivity contribution in [2.75, 3.05) is 13.1 Å². The van der Waals surface area contributed by atoms with E-state index >= 15 is 0 Å². The van der Waals surface area contributed by atoms with E-state index in [0.717, 1.165) is 6.54 Å². The number of nitrogens with one attached hydrogen (secondary N) is 2. The molecule has 66 valence electrons. The van der Waals surface area contributed by atoms with E-state index in [4.69, 9.17) is 0 Å². The summed E-state index contributed by atoms with van der Waals surface area (Å²) in [7, 11) is 0. The summed E-state index contributed by atoms with van der Waals surface area (Å²) in [5, 5.41) is 3.23. The minimum Gasteiger partial charge on any atom is -0.351 e. The largest absolute Gasteiger partial charge is 0.351 e. The number of rotatable bonds is 0. The van der Waals surface area contributed by atoms with Crippen LogP contribution in [0.3, 0.4) is 0 Å². The molecule has 0 bridgehead atoms. The lowest BCUT2D eigenvalue weighted by Crippen LogP contribution is -2.23. The number of nitrogens with zero attached hydrogens (tertiary/aromatic N) is 1. The van der Waals surface area contributed by atoms with Gasteiger partial charge in [0, 0.05) is 18.9 Å². The van der Waals surface area contributed by atoms with Crippen LogP contribution >= 0.6 is 0 Å². The fourth-order valence-electron chi connectivity index (χ4n) is 1.03. The molecule has 1 aromatic rings. The van der Waals surface area contributed by atoms with Crippen molar-refractivity contribution in [1.29, 1.82) is 0 Å². The van der Waals surface area contributed by atoms with Gasteiger partial charge in [-0.25, -0.2) is 4.98 Å². The Labute approximate surface area is 72.9 Å². The number of aromatic amines is 1. The predicted molar refractivity (Wildman–Crippen MR) is 49.8 cm³/mol. The van der Waals surface area contributed by atoms with E-state index in [1.807, 2.05) is 0 Å². The minimum absolute atomic E-state index is 1.04. The van der Waals surface area contributed by atoms with Crippen molar-refractivity contribution < 1.29 is 0 Å². The van der Waals surface area contributed by atoms with Crippen molar-refractivity contribution in [3.63, 3.8) is 0 Å². The van der Waals surface area contributed by atoms with Crippen LogP contribution in [0.25, 0.3) is 0 Å². The first-order chi connectivity index (χ1) is 5.89. The molecule has 0 unspecified atom stereocenters. The third-order valence-corrected chi connectivity index (χ3v) is 1.66. The van der Waals surface area contributed by atoms with Crippen LogP contribution in [0.15, 0.2) is 30.9 Å². The molecular weight excluding hydrogens is 150 g/mol. The molecule has 1 aromatic heterocycles. The lowest BCUT2D eigenvalue weighted by Gasteiger charge is -2.12. The standard InChI is InChI=1S/C6H11N.C3H4N2/c1-6-3-2-4-7-5-6;1-2-5-3-4-1/h7H,1-5H2;1-3H,(H,4,5). The first-order valence-corrected chi connectivity index (χ1v) is 4.19. The van der Waals surface area contributed by atoms with Crippen LogP contribution in [0.1, 0.15) is 12.8 Å². The Hall–Kier alpha value is -1.09. The normalized spacial score (nSPS) is 16.5. The van der Waals surface area contributed by atoms with Gasteiger partial charge in [-0.1, -0.05) is 12.2 Å². The van der Waals surface area contributed by atoms with Crippen LogP contribution in [0.2, 0.25) is 0 Å². The molecule has 0 aliphatic carbocycles. The van der Waals surface area contributed by atoms with E-state index < -0.39 is 0 Å². The Morgan fingerprint density at radius 3 is 2.67 bits per heavy atom. The molecular formula is C9H15N3. The molecule has 3 heteroatoms. The molecule has 3 nitrogen and oxygen atoms in total. The van der Waals surface area contributed by atoms with Gasteiger partial charge in [-0.05, 0) is 19.4 Å². The lowest BCUT2D eigenvalue weighted by atomic mass is 10.1. The Balaban J connectivity index is 0.000000127. The van der Waals surface area contributed by atoms with E-state index in [1.165, 1.54) is 25.0 Å². The van der Waals surface area contributed by atoms with Crippen LogP contribution in [-0.2, 0) is 0 Å². The van der Waals surface area contributed by atoms with Crippen molar-refractivity contribution in [3.8, 4) is 0 Å². The first-order valence-electron chi connectivity index (χ1n) is 4.19. The van der Waals surface area contributed by atoms with Gasteiger partial charge in [0.2, 0.25) is 0 Å². The van der Waals surface area contributed by atoms with E-state index in [1.54, 1.807) is 18.7 Å². The maximum absolute atomic E-state index is 3.85. The Morgan fingerprint density at radius 2 is 2.42 bits per heavy atom. The Kier molecular flexibility index (Phi) is 4.16. The maximum atomic E-state index is 3.85. The van der Waals surface area contributed by atoms with Gasteiger partial charge in [-0.15, -0.1) is 0 Å². The summed E-state index contributed by atoms with van der Waals surface area (Å²) < 4.78 is 0. The molecule has 2 N–H and O–H groups in total. The summed E-state index contributed by atoms with van der Waals surface area (Å²) in [5.41, 5.74) is 1.35. The summed E-state index contributed by atoms with van der Waals surface area (Å²) in [6, 6.07) is 0. The Morgan fingerprint density at radius 1 is 1.50 bits per heavy atom. The van der Waals surface area contributed by atoms with Gasteiger partial charge in [-0.3, -0.25) is 0 Å². The van der Waals surface area contributed by atoms with Crippen LogP contribution in [0.4, 0.5) is 0 Å². The minimum atomic E-state index is 1.04. The van der Waals surface area contributed by atoms with E-state index in [2.05, 4.69) is 21.9 Å². The van der Waals surface area contributed by atoms with Gasteiger partial charge < -0.3 is 10.3 Å². The number of hydrogen-bond donors (Lipinski definition) is 2. The molecule has 0 aromatic carbocycles. The molecule has 0 radical (unpaired) electrons. The third kappa shape index (κ3) is 3.93. The number of imidazole rings is 1. The number of piperidine rings is 1. The van der Waals surface area contributed by atoms with Crippen LogP contribution in [0.5, 0.6) is 0 Å². The van der Waals surface area contributed by atoms with Crippen molar-refractivity contribution in [2.24, 2.45) is 0 Å². The SMILES string of the molecule is C=C1CCCNC1.c1c[nH]cn1. The van der Waals surface area contributed by atoms with Gasteiger partial charge >= 0.3 is 0 Å². The number of aromatic nitrogens is 2. The molecule has 2 rings (SSSR count). The topological polar surface area (TPSA) is 40.7 Å². The zero-order chi connectivity index (χ0) is 8.65. The fraction of sp³-hybridized carbons (Fsp3) is 0.444. The summed E-state index contributed by atoms with van der Waals surface area (Å²) in [6.07, 6.45) is 7.59. The molecule has 1 fully saturated rings. The average Bonchev–Trinajstić information content (AvgIpc) is 2.62. The predicted octanol–water partition coefficient (Wildman–Crippen LogP) is 1.34. The van der Waals surface area contributed by atoms with Crippen molar-refractivity contribution in [2.45, 2.75) is 12.8 Å². The second-order valence-electron chi connectivity index (χ2n) is 2.79. The van der Waals surface area contributed by atoms with Gasteiger partial charge in [0.15, 0.2) is 0 Å². The second kappa shape index (κ2) is 5.55. The molecule has 1 saturated heterocycles. The van der Waals surface area contributed by atoms with Crippen molar-refractivity contribution >= 4 is 0 Å². The van der Waals surface area contributed by atoms with E-state index in [0.29, 0.717) is 0 Å². The summed E-state index contributed by atoms with van der Waals surface area (Å²) in [4.78, 5) is 6.42. The highest BCUT2D eigenvalue weighted by atomic mass is 14.9. The molecule has 1 aliphatic heterocycles.